The van der Waals surface area contributed by atoms with E-state index in [1.54, 1.807) is 0 Å². The Morgan fingerprint density at radius 2 is 1.69 bits per heavy atom. The zero-order chi connectivity index (χ0) is 24.5. The van der Waals surface area contributed by atoms with Crippen LogP contribution >= 0.6 is 0 Å². The largest absolute Gasteiger partial charge is 0.494 e. The maximum atomic E-state index is 11.2. The number of ether oxygens (including phenoxy) is 2. The van der Waals surface area contributed by atoms with Crippen LogP contribution in [0.4, 0.5) is 0 Å². The van der Waals surface area contributed by atoms with Gasteiger partial charge in [0, 0.05) is 19.6 Å². The van der Waals surface area contributed by atoms with Gasteiger partial charge in [-0.05, 0) is 101 Å². The summed E-state index contributed by atoms with van der Waals surface area (Å²) in [5.41, 5.74) is 2.85. The van der Waals surface area contributed by atoms with E-state index in [-0.39, 0.29) is 0 Å². The summed E-state index contributed by atoms with van der Waals surface area (Å²) in [5.74, 6) is 1.84. The third kappa shape index (κ3) is 8.23. The first-order valence-corrected chi connectivity index (χ1v) is 13.6. The van der Waals surface area contributed by atoms with E-state index in [4.69, 9.17) is 9.47 Å². The molecule has 35 heavy (non-hydrogen) atoms. The molecule has 2 aromatic carbocycles. The summed E-state index contributed by atoms with van der Waals surface area (Å²) in [6.45, 7) is 11.7. The lowest BCUT2D eigenvalue weighted by atomic mass is 9.96. The Hall–Kier alpha value is -2.08. The highest BCUT2D eigenvalue weighted by atomic mass is 16.5. The van der Waals surface area contributed by atoms with Crippen molar-refractivity contribution in [3.05, 3.63) is 59.2 Å². The van der Waals surface area contributed by atoms with Gasteiger partial charge in [0.2, 0.25) is 0 Å². The standard InChI is InChI=1S/C30H44N2O3/c1-25-11-12-29(26(2)21-25)35-24-30(33)13-7-17-32(19-14-30)23-27-9-6-10-28(22-27)34-20-8-18-31-15-4-3-5-16-31/h6,9-12,21-22,33H,3-5,7-8,13-20,23-24H2,1-2H3/t30-/m0/s1. The van der Waals surface area contributed by atoms with Gasteiger partial charge in [0.15, 0.2) is 0 Å². The van der Waals surface area contributed by atoms with Crippen molar-refractivity contribution in [3.8, 4) is 11.5 Å². The van der Waals surface area contributed by atoms with E-state index in [0.29, 0.717) is 6.61 Å². The summed E-state index contributed by atoms with van der Waals surface area (Å²) in [5, 5.41) is 11.2. The zero-order valence-electron chi connectivity index (χ0n) is 21.8. The molecule has 2 aromatic rings. The molecule has 1 N–H and O–H groups in total. The van der Waals surface area contributed by atoms with Gasteiger partial charge in [-0.15, -0.1) is 0 Å². The van der Waals surface area contributed by atoms with E-state index >= 15 is 0 Å². The number of hydrogen-bond acceptors (Lipinski definition) is 5. The number of piperidine rings is 1. The Labute approximate surface area is 212 Å². The SMILES string of the molecule is Cc1ccc(OC[C@]2(O)CCCN(Cc3cccc(OCCCN4CCCCC4)c3)CC2)c(C)c1. The molecule has 0 unspecified atom stereocenters. The number of rotatable bonds is 10. The monoisotopic (exact) mass is 480 g/mol. The Bertz CT molecular complexity index is 928. The summed E-state index contributed by atoms with van der Waals surface area (Å²) in [7, 11) is 0. The van der Waals surface area contributed by atoms with Crippen LogP contribution in [0.1, 0.15) is 61.6 Å². The van der Waals surface area contributed by atoms with Gasteiger partial charge in [-0.1, -0.05) is 36.2 Å². The number of aliphatic hydroxyl groups is 1. The quantitative estimate of drug-likeness (QED) is 0.464. The molecule has 0 saturated carbocycles. The minimum Gasteiger partial charge on any atom is -0.494 e. The van der Waals surface area contributed by atoms with Crippen molar-refractivity contribution >= 4 is 0 Å². The summed E-state index contributed by atoms with van der Waals surface area (Å²) < 4.78 is 12.1. The number of likely N-dealkylation sites (tertiary alicyclic amines) is 2. The number of benzene rings is 2. The Morgan fingerprint density at radius 1 is 0.857 bits per heavy atom. The number of hydrogen-bond donors (Lipinski definition) is 1. The van der Waals surface area contributed by atoms with Gasteiger partial charge in [0.05, 0.1) is 12.2 Å². The predicted molar refractivity (Wildman–Crippen MR) is 142 cm³/mol. The molecule has 0 bridgehead atoms. The molecule has 2 aliphatic rings. The lowest BCUT2D eigenvalue weighted by Gasteiger charge is -2.27. The molecule has 0 aliphatic carbocycles. The number of aryl methyl sites for hydroxylation is 2. The fourth-order valence-corrected chi connectivity index (χ4v) is 5.36. The molecule has 2 fully saturated rings. The molecule has 1 atom stereocenters. The van der Waals surface area contributed by atoms with E-state index in [1.165, 1.54) is 43.5 Å². The van der Waals surface area contributed by atoms with Gasteiger partial charge < -0.3 is 19.5 Å². The maximum absolute atomic E-state index is 11.2. The van der Waals surface area contributed by atoms with Gasteiger partial charge in [-0.3, -0.25) is 4.90 Å². The van der Waals surface area contributed by atoms with Gasteiger partial charge >= 0.3 is 0 Å². The molecule has 2 heterocycles. The molecule has 0 amide bonds. The summed E-state index contributed by atoms with van der Waals surface area (Å²) in [4.78, 5) is 5.02. The van der Waals surface area contributed by atoms with Crippen LogP contribution in [0.5, 0.6) is 11.5 Å². The molecule has 5 nitrogen and oxygen atoms in total. The molecule has 192 valence electrons. The zero-order valence-corrected chi connectivity index (χ0v) is 21.8. The second-order valence-electron chi connectivity index (χ2n) is 10.7. The molecular weight excluding hydrogens is 436 g/mol. The maximum Gasteiger partial charge on any atom is 0.122 e. The minimum absolute atomic E-state index is 0.353. The molecular formula is C30H44N2O3. The average molecular weight is 481 g/mol. The first-order valence-electron chi connectivity index (χ1n) is 13.6. The Balaban J connectivity index is 1.21. The fraction of sp³-hybridized carbons (Fsp3) is 0.600. The third-order valence-electron chi connectivity index (χ3n) is 7.48. The van der Waals surface area contributed by atoms with Gasteiger partial charge in [0.25, 0.3) is 0 Å². The van der Waals surface area contributed by atoms with E-state index in [1.807, 2.05) is 6.07 Å². The van der Waals surface area contributed by atoms with E-state index in [0.717, 1.165) is 75.5 Å². The van der Waals surface area contributed by atoms with Crippen molar-refractivity contribution in [2.24, 2.45) is 0 Å². The molecule has 0 spiro atoms. The second kappa shape index (κ2) is 12.8. The normalized spacial score (nSPS) is 22.0. The van der Waals surface area contributed by atoms with Crippen LogP contribution < -0.4 is 9.47 Å². The Morgan fingerprint density at radius 3 is 2.51 bits per heavy atom. The first-order chi connectivity index (χ1) is 17.0. The highest BCUT2D eigenvalue weighted by Crippen LogP contribution is 2.27. The van der Waals surface area contributed by atoms with E-state index in [2.05, 4.69) is 60.0 Å². The first kappa shape index (κ1) is 26.0. The smallest absolute Gasteiger partial charge is 0.122 e. The minimum atomic E-state index is -0.772. The van der Waals surface area contributed by atoms with Crippen molar-refractivity contribution in [1.29, 1.82) is 0 Å². The predicted octanol–water partition coefficient (Wildman–Crippen LogP) is 5.35. The lowest BCUT2D eigenvalue weighted by molar-refractivity contribution is -0.0170. The van der Waals surface area contributed by atoms with Crippen LogP contribution in [0.25, 0.3) is 0 Å². The summed E-state index contributed by atoms with van der Waals surface area (Å²) >= 11 is 0. The highest BCUT2D eigenvalue weighted by Gasteiger charge is 2.31. The molecule has 2 aliphatic heterocycles. The summed E-state index contributed by atoms with van der Waals surface area (Å²) in [6.07, 6.45) is 7.63. The van der Waals surface area contributed by atoms with Gasteiger partial charge in [0.1, 0.15) is 18.1 Å². The van der Waals surface area contributed by atoms with E-state index in [9.17, 15) is 5.11 Å². The van der Waals surface area contributed by atoms with Gasteiger partial charge in [-0.2, -0.15) is 0 Å². The van der Waals surface area contributed by atoms with Crippen LogP contribution in [0.3, 0.4) is 0 Å². The van der Waals surface area contributed by atoms with Crippen LogP contribution in [0.15, 0.2) is 42.5 Å². The van der Waals surface area contributed by atoms with Gasteiger partial charge in [-0.25, -0.2) is 0 Å². The third-order valence-corrected chi connectivity index (χ3v) is 7.48. The van der Waals surface area contributed by atoms with Crippen LogP contribution in [-0.2, 0) is 6.54 Å². The average Bonchev–Trinajstić information content (AvgIpc) is 3.04. The van der Waals surface area contributed by atoms with Crippen LogP contribution in [0.2, 0.25) is 0 Å². The van der Waals surface area contributed by atoms with Crippen molar-refractivity contribution in [2.45, 2.75) is 70.9 Å². The molecule has 0 radical (unpaired) electrons. The van der Waals surface area contributed by atoms with Crippen molar-refractivity contribution in [2.75, 3.05) is 45.9 Å². The fourth-order valence-electron chi connectivity index (χ4n) is 5.36. The second-order valence-corrected chi connectivity index (χ2v) is 10.7. The number of nitrogens with zero attached hydrogens (tertiary/aromatic N) is 2. The molecule has 5 heteroatoms. The van der Waals surface area contributed by atoms with Crippen molar-refractivity contribution in [3.63, 3.8) is 0 Å². The van der Waals surface area contributed by atoms with Crippen LogP contribution in [-0.4, -0.2) is 66.4 Å². The molecule has 2 saturated heterocycles. The van der Waals surface area contributed by atoms with E-state index < -0.39 is 5.60 Å². The van der Waals surface area contributed by atoms with Crippen molar-refractivity contribution < 1.29 is 14.6 Å². The van der Waals surface area contributed by atoms with Crippen molar-refractivity contribution in [1.82, 2.24) is 9.80 Å². The van der Waals surface area contributed by atoms with Crippen LogP contribution in [0, 0.1) is 13.8 Å². The highest BCUT2D eigenvalue weighted by molar-refractivity contribution is 5.35. The molecule has 4 rings (SSSR count). The lowest BCUT2D eigenvalue weighted by Crippen LogP contribution is -2.37. The summed E-state index contributed by atoms with van der Waals surface area (Å²) in [6, 6.07) is 14.7. The Kier molecular flexibility index (Phi) is 9.47. The molecule has 0 aromatic heterocycles. The topological polar surface area (TPSA) is 45.2 Å².